The van der Waals surface area contributed by atoms with Gasteiger partial charge in [-0.25, -0.2) is 0 Å². The second kappa shape index (κ2) is 8.97. The van der Waals surface area contributed by atoms with Gasteiger partial charge in [0, 0.05) is 30.5 Å². The normalized spacial score (nSPS) is 10.7. The fraction of sp³-hybridized carbons (Fsp3) is 0.533. The topological polar surface area (TPSA) is 50.4 Å². The maximum Gasteiger partial charge on any atom is 0.221 e. The lowest BCUT2D eigenvalue weighted by molar-refractivity contribution is -0.121. The lowest BCUT2D eigenvalue weighted by Crippen LogP contribution is -2.30. The maximum atomic E-state index is 11.5. The zero-order valence-electron chi connectivity index (χ0n) is 12.3. The molecule has 1 aromatic carbocycles. The zero-order valence-corrected chi connectivity index (χ0v) is 13.9. The Labute approximate surface area is 129 Å². The van der Waals surface area contributed by atoms with Crippen LogP contribution in [0.5, 0.6) is 5.75 Å². The van der Waals surface area contributed by atoms with E-state index in [2.05, 4.69) is 40.4 Å². The van der Waals surface area contributed by atoms with Crippen LogP contribution in [-0.2, 0) is 11.3 Å². The lowest BCUT2D eigenvalue weighted by Gasteiger charge is -2.10. The Bertz CT molecular complexity index is 436. The van der Waals surface area contributed by atoms with E-state index in [0.29, 0.717) is 25.4 Å². The molecule has 1 rings (SSSR count). The summed E-state index contributed by atoms with van der Waals surface area (Å²) < 4.78 is 6.23. The van der Waals surface area contributed by atoms with Gasteiger partial charge in [-0.05, 0) is 29.7 Å². The minimum absolute atomic E-state index is 0.0934. The molecule has 0 aliphatic heterocycles. The lowest BCUT2D eigenvalue weighted by atomic mass is 10.2. The summed E-state index contributed by atoms with van der Waals surface area (Å²) in [6.45, 7) is 6.26. The summed E-state index contributed by atoms with van der Waals surface area (Å²) in [6, 6.07) is 5.86. The standard InChI is InChI=1S/C15H23BrN2O2/c1-11(2)9-18-15(19)6-7-17-10-12-8-13(20-3)4-5-14(12)16/h4-5,8,11,17H,6-7,9-10H2,1-3H3,(H,18,19). The van der Waals surface area contributed by atoms with Crippen molar-refractivity contribution in [2.75, 3.05) is 20.2 Å². The van der Waals surface area contributed by atoms with E-state index in [4.69, 9.17) is 4.74 Å². The van der Waals surface area contributed by atoms with Crippen molar-refractivity contribution in [3.8, 4) is 5.75 Å². The van der Waals surface area contributed by atoms with Gasteiger partial charge in [-0.2, -0.15) is 0 Å². The summed E-state index contributed by atoms with van der Waals surface area (Å²) >= 11 is 3.51. The Kier molecular flexibility index (Phi) is 7.62. The summed E-state index contributed by atoms with van der Waals surface area (Å²) in [5.41, 5.74) is 1.12. The van der Waals surface area contributed by atoms with Crippen LogP contribution in [0.3, 0.4) is 0 Å². The molecule has 4 nitrogen and oxygen atoms in total. The monoisotopic (exact) mass is 342 g/mol. The number of benzene rings is 1. The smallest absolute Gasteiger partial charge is 0.221 e. The van der Waals surface area contributed by atoms with E-state index in [9.17, 15) is 4.79 Å². The van der Waals surface area contributed by atoms with Crippen LogP contribution in [0.25, 0.3) is 0 Å². The minimum atomic E-state index is 0.0934. The zero-order chi connectivity index (χ0) is 15.0. The second-order valence-corrected chi connectivity index (χ2v) is 5.94. The molecule has 0 fully saturated rings. The Morgan fingerprint density at radius 3 is 2.80 bits per heavy atom. The van der Waals surface area contributed by atoms with Gasteiger partial charge in [0.05, 0.1) is 7.11 Å². The third kappa shape index (κ3) is 6.39. The second-order valence-electron chi connectivity index (χ2n) is 5.08. The molecule has 5 heteroatoms. The fourth-order valence-electron chi connectivity index (χ4n) is 1.64. The highest BCUT2D eigenvalue weighted by Gasteiger charge is 2.04. The van der Waals surface area contributed by atoms with Crippen LogP contribution in [0.1, 0.15) is 25.8 Å². The van der Waals surface area contributed by atoms with E-state index >= 15 is 0 Å². The number of halogens is 1. The first-order valence-corrected chi connectivity index (χ1v) is 7.62. The molecule has 112 valence electrons. The summed E-state index contributed by atoms with van der Waals surface area (Å²) in [4.78, 5) is 11.5. The van der Waals surface area contributed by atoms with Crippen molar-refractivity contribution in [2.24, 2.45) is 5.92 Å². The van der Waals surface area contributed by atoms with Gasteiger partial charge in [0.1, 0.15) is 5.75 Å². The van der Waals surface area contributed by atoms with Crippen molar-refractivity contribution in [1.82, 2.24) is 10.6 Å². The summed E-state index contributed by atoms with van der Waals surface area (Å²) in [6.07, 6.45) is 0.494. The molecule has 2 N–H and O–H groups in total. The third-order valence-corrected chi connectivity index (χ3v) is 3.58. The van der Waals surface area contributed by atoms with Crippen molar-refractivity contribution < 1.29 is 9.53 Å². The van der Waals surface area contributed by atoms with Crippen molar-refractivity contribution in [3.05, 3.63) is 28.2 Å². The molecule has 0 unspecified atom stereocenters. The molecule has 0 spiro atoms. The van der Waals surface area contributed by atoms with Gasteiger partial charge >= 0.3 is 0 Å². The minimum Gasteiger partial charge on any atom is -0.497 e. The molecule has 0 saturated heterocycles. The van der Waals surface area contributed by atoms with Crippen molar-refractivity contribution >= 4 is 21.8 Å². The first-order chi connectivity index (χ1) is 9.52. The number of rotatable bonds is 8. The average molecular weight is 343 g/mol. The van der Waals surface area contributed by atoms with Gasteiger partial charge in [-0.15, -0.1) is 0 Å². The molecule has 20 heavy (non-hydrogen) atoms. The highest BCUT2D eigenvalue weighted by molar-refractivity contribution is 9.10. The number of ether oxygens (including phenoxy) is 1. The number of carbonyl (C=O) groups is 1. The molecule has 0 aliphatic rings. The molecule has 1 amide bonds. The highest BCUT2D eigenvalue weighted by Crippen LogP contribution is 2.22. The predicted molar refractivity (Wildman–Crippen MR) is 84.9 cm³/mol. The summed E-state index contributed by atoms with van der Waals surface area (Å²) in [5.74, 6) is 1.41. The average Bonchev–Trinajstić information content (AvgIpc) is 2.43. The summed E-state index contributed by atoms with van der Waals surface area (Å²) in [7, 11) is 1.65. The predicted octanol–water partition coefficient (Wildman–Crippen LogP) is 2.71. The molecular weight excluding hydrogens is 320 g/mol. The van der Waals surface area contributed by atoms with Crippen LogP contribution >= 0.6 is 15.9 Å². The number of amides is 1. The van der Waals surface area contributed by atoms with Crippen LogP contribution in [0, 0.1) is 5.92 Å². The number of hydrogen-bond acceptors (Lipinski definition) is 3. The van der Waals surface area contributed by atoms with Gasteiger partial charge in [0.25, 0.3) is 0 Å². The van der Waals surface area contributed by atoms with Gasteiger partial charge in [-0.1, -0.05) is 29.8 Å². The number of carbonyl (C=O) groups excluding carboxylic acids is 1. The number of nitrogens with one attached hydrogen (secondary N) is 2. The number of methoxy groups -OCH3 is 1. The number of hydrogen-bond donors (Lipinski definition) is 2. The molecule has 0 heterocycles. The quantitative estimate of drug-likeness (QED) is 0.714. The molecule has 0 radical (unpaired) electrons. The van der Waals surface area contributed by atoms with E-state index in [1.54, 1.807) is 7.11 Å². The molecule has 0 saturated carbocycles. The van der Waals surface area contributed by atoms with Crippen LogP contribution in [0.2, 0.25) is 0 Å². The molecular formula is C15H23BrN2O2. The fourth-order valence-corrected chi connectivity index (χ4v) is 2.03. The van der Waals surface area contributed by atoms with Crippen LogP contribution in [0.4, 0.5) is 0 Å². The molecule has 0 bridgehead atoms. The first kappa shape index (κ1) is 17.0. The Morgan fingerprint density at radius 2 is 2.15 bits per heavy atom. The molecule has 0 aliphatic carbocycles. The van der Waals surface area contributed by atoms with Gasteiger partial charge in [0.15, 0.2) is 0 Å². The van der Waals surface area contributed by atoms with E-state index < -0.39 is 0 Å². The van der Waals surface area contributed by atoms with E-state index in [1.807, 2.05) is 18.2 Å². The van der Waals surface area contributed by atoms with E-state index in [1.165, 1.54) is 0 Å². The molecule has 0 aromatic heterocycles. The molecule has 1 aromatic rings. The van der Waals surface area contributed by atoms with Gasteiger partial charge < -0.3 is 15.4 Å². The van der Waals surface area contributed by atoms with Crippen molar-refractivity contribution in [2.45, 2.75) is 26.8 Å². The molecule has 0 atom stereocenters. The van der Waals surface area contributed by atoms with E-state index in [0.717, 1.165) is 22.3 Å². The SMILES string of the molecule is COc1ccc(Br)c(CNCCC(=O)NCC(C)C)c1. The first-order valence-electron chi connectivity index (χ1n) is 6.82. The van der Waals surface area contributed by atoms with Crippen LogP contribution < -0.4 is 15.4 Å². The van der Waals surface area contributed by atoms with Crippen LogP contribution in [-0.4, -0.2) is 26.1 Å². The van der Waals surface area contributed by atoms with Crippen molar-refractivity contribution in [3.63, 3.8) is 0 Å². The van der Waals surface area contributed by atoms with Crippen LogP contribution in [0.15, 0.2) is 22.7 Å². The maximum absolute atomic E-state index is 11.5. The third-order valence-electron chi connectivity index (χ3n) is 2.80. The van der Waals surface area contributed by atoms with E-state index in [-0.39, 0.29) is 5.91 Å². The van der Waals surface area contributed by atoms with Gasteiger partial charge in [0.2, 0.25) is 5.91 Å². The van der Waals surface area contributed by atoms with Gasteiger partial charge in [-0.3, -0.25) is 4.79 Å². The highest BCUT2D eigenvalue weighted by atomic mass is 79.9. The largest absolute Gasteiger partial charge is 0.497 e. The Balaban J connectivity index is 2.29. The van der Waals surface area contributed by atoms with Crippen molar-refractivity contribution in [1.29, 1.82) is 0 Å². The Hall–Kier alpha value is -1.07. The Morgan fingerprint density at radius 1 is 1.40 bits per heavy atom. The summed E-state index contributed by atoms with van der Waals surface area (Å²) in [5, 5.41) is 6.17.